The lowest BCUT2D eigenvalue weighted by Gasteiger charge is -2.59. The van der Waals surface area contributed by atoms with Gasteiger partial charge >= 0.3 is 5.97 Å². The highest BCUT2D eigenvalue weighted by Gasteiger charge is 2.59. The van der Waals surface area contributed by atoms with Gasteiger partial charge in [0.1, 0.15) is 6.10 Å². The number of phenols is 1. The van der Waals surface area contributed by atoms with Gasteiger partial charge in [-0.25, -0.2) is 4.79 Å². The van der Waals surface area contributed by atoms with Crippen molar-refractivity contribution < 1.29 is 19.4 Å². The van der Waals surface area contributed by atoms with Crippen molar-refractivity contribution in [2.24, 2.45) is 52.3 Å². The van der Waals surface area contributed by atoms with Gasteiger partial charge in [-0.15, -0.1) is 0 Å². The number of rotatable bonds is 9. The number of phenolic OH excluding ortho intramolecular Hbond substituents is 1. The number of aromatic hydroxyl groups is 1. The number of hydrogen-bond acceptors (Lipinski definition) is 4. The molecule has 5 rings (SSSR count). The highest BCUT2D eigenvalue weighted by molar-refractivity contribution is 5.87. The van der Waals surface area contributed by atoms with Crippen LogP contribution in [0.1, 0.15) is 112 Å². The van der Waals surface area contributed by atoms with E-state index in [1.54, 1.807) is 35.4 Å². The van der Waals surface area contributed by atoms with Crippen LogP contribution in [-0.4, -0.2) is 24.3 Å². The maximum absolute atomic E-state index is 12.9. The SMILES string of the molecule is C/C=C(/CC[C@@H](C)[C@H]1CC[C@H]2C3=CC[C@H]4[C@H](C)[C@@H](OC(=O)/C=C/c5ccc(O)c(OC)c5)CC[C@]4(C)[C@H]3CC[C@]12C)C(C)C. The summed E-state index contributed by atoms with van der Waals surface area (Å²) in [6.45, 7) is 17.0. The van der Waals surface area contributed by atoms with E-state index >= 15 is 0 Å². The zero-order valence-corrected chi connectivity index (χ0v) is 28.7. The third-order valence-electron chi connectivity index (χ3n) is 13.2. The number of esters is 1. The van der Waals surface area contributed by atoms with Crippen LogP contribution in [0.2, 0.25) is 0 Å². The maximum Gasteiger partial charge on any atom is 0.331 e. The predicted molar refractivity (Wildman–Crippen MR) is 180 cm³/mol. The van der Waals surface area contributed by atoms with Crippen LogP contribution in [0.3, 0.4) is 0 Å². The highest BCUT2D eigenvalue weighted by atomic mass is 16.5. The summed E-state index contributed by atoms with van der Waals surface area (Å²) in [5, 5.41) is 9.85. The first kappa shape index (κ1) is 32.9. The van der Waals surface area contributed by atoms with Crippen LogP contribution in [0, 0.1) is 52.3 Å². The van der Waals surface area contributed by atoms with Gasteiger partial charge in [-0.2, -0.15) is 0 Å². The second-order valence-corrected chi connectivity index (χ2v) is 15.6. The number of allylic oxidation sites excluding steroid dienone is 4. The Labute approximate surface area is 267 Å². The van der Waals surface area contributed by atoms with Gasteiger partial charge in [-0.05, 0) is 141 Å². The topological polar surface area (TPSA) is 55.8 Å². The van der Waals surface area contributed by atoms with Crippen LogP contribution >= 0.6 is 0 Å². The average molecular weight is 603 g/mol. The van der Waals surface area contributed by atoms with Gasteiger partial charge in [-0.3, -0.25) is 0 Å². The molecular weight excluding hydrogens is 544 g/mol. The lowest BCUT2D eigenvalue weighted by Crippen LogP contribution is -2.53. The molecule has 0 bridgehead atoms. The molecular formula is C40H58O4. The average Bonchev–Trinajstić information content (AvgIpc) is 3.35. The van der Waals surface area contributed by atoms with Gasteiger partial charge in [0.2, 0.25) is 0 Å². The Kier molecular flexibility index (Phi) is 9.78. The van der Waals surface area contributed by atoms with Gasteiger partial charge in [0.25, 0.3) is 0 Å². The number of benzene rings is 1. The van der Waals surface area contributed by atoms with Crippen LogP contribution in [0.25, 0.3) is 6.08 Å². The van der Waals surface area contributed by atoms with E-state index in [9.17, 15) is 9.90 Å². The number of ether oxygens (including phenoxy) is 2. The van der Waals surface area contributed by atoms with Crippen LogP contribution in [0.5, 0.6) is 11.5 Å². The molecule has 4 heteroatoms. The first-order valence-electron chi connectivity index (χ1n) is 17.5. The van der Waals surface area contributed by atoms with Gasteiger partial charge < -0.3 is 14.6 Å². The minimum Gasteiger partial charge on any atom is -0.504 e. The number of fused-ring (bicyclic) bond motifs is 5. The van der Waals surface area contributed by atoms with E-state index in [1.165, 1.54) is 51.7 Å². The third kappa shape index (κ3) is 6.04. The molecule has 0 aliphatic heterocycles. The van der Waals surface area contributed by atoms with Gasteiger partial charge in [0.05, 0.1) is 7.11 Å². The molecule has 242 valence electrons. The predicted octanol–water partition coefficient (Wildman–Crippen LogP) is 10.2. The van der Waals surface area contributed by atoms with Gasteiger partial charge in [0.15, 0.2) is 11.5 Å². The van der Waals surface area contributed by atoms with E-state index in [-0.39, 0.29) is 23.2 Å². The first-order valence-corrected chi connectivity index (χ1v) is 17.5. The molecule has 3 saturated carbocycles. The normalized spacial score (nSPS) is 35.9. The van der Waals surface area contributed by atoms with Crippen LogP contribution < -0.4 is 4.74 Å². The zero-order valence-electron chi connectivity index (χ0n) is 28.7. The summed E-state index contributed by atoms with van der Waals surface area (Å²) in [7, 11) is 1.52. The molecule has 0 amide bonds. The summed E-state index contributed by atoms with van der Waals surface area (Å²) in [6, 6.07) is 5.05. The van der Waals surface area contributed by atoms with Crippen molar-refractivity contribution in [3.8, 4) is 11.5 Å². The van der Waals surface area contributed by atoms with E-state index in [4.69, 9.17) is 9.47 Å². The summed E-state index contributed by atoms with van der Waals surface area (Å²) in [4.78, 5) is 12.9. The molecule has 1 N–H and O–H groups in total. The van der Waals surface area contributed by atoms with Crippen molar-refractivity contribution in [2.45, 2.75) is 112 Å². The molecule has 0 saturated heterocycles. The quantitative estimate of drug-likeness (QED) is 0.174. The lowest BCUT2D eigenvalue weighted by molar-refractivity contribution is -0.155. The molecule has 1 aromatic rings. The summed E-state index contributed by atoms with van der Waals surface area (Å²) >= 11 is 0. The van der Waals surface area contributed by atoms with Crippen molar-refractivity contribution in [1.82, 2.24) is 0 Å². The summed E-state index contributed by atoms with van der Waals surface area (Å²) in [6.07, 6.45) is 19.4. The largest absolute Gasteiger partial charge is 0.504 e. The Bertz CT molecular complexity index is 1290. The molecule has 4 nitrogen and oxygen atoms in total. The highest BCUT2D eigenvalue weighted by Crippen LogP contribution is 2.67. The number of hydrogen-bond donors (Lipinski definition) is 1. The fourth-order valence-corrected chi connectivity index (χ4v) is 10.6. The lowest BCUT2D eigenvalue weighted by atomic mass is 9.46. The smallest absolute Gasteiger partial charge is 0.331 e. The number of methoxy groups -OCH3 is 1. The van der Waals surface area contributed by atoms with E-state index < -0.39 is 0 Å². The Balaban J connectivity index is 1.24. The molecule has 4 aliphatic carbocycles. The summed E-state index contributed by atoms with van der Waals surface area (Å²) < 4.78 is 11.3. The van der Waals surface area contributed by atoms with Crippen molar-refractivity contribution in [1.29, 1.82) is 0 Å². The minimum atomic E-state index is -0.293. The zero-order chi connectivity index (χ0) is 31.8. The molecule has 3 fully saturated rings. The monoisotopic (exact) mass is 602 g/mol. The Hall–Kier alpha value is -2.49. The molecule has 4 aliphatic rings. The Morgan fingerprint density at radius 2 is 1.80 bits per heavy atom. The van der Waals surface area contributed by atoms with Gasteiger partial charge in [-0.1, -0.05) is 70.9 Å². The molecule has 44 heavy (non-hydrogen) atoms. The molecule has 0 radical (unpaired) electrons. The van der Waals surface area contributed by atoms with Crippen molar-refractivity contribution in [3.63, 3.8) is 0 Å². The molecule has 0 spiro atoms. The van der Waals surface area contributed by atoms with Crippen LogP contribution in [0.15, 0.2) is 47.6 Å². The maximum atomic E-state index is 12.9. The van der Waals surface area contributed by atoms with Crippen LogP contribution in [0.4, 0.5) is 0 Å². The summed E-state index contributed by atoms with van der Waals surface area (Å²) in [5.41, 5.74) is 4.94. The first-order chi connectivity index (χ1) is 20.9. The third-order valence-corrected chi connectivity index (χ3v) is 13.2. The second kappa shape index (κ2) is 13.1. The van der Waals surface area contributed by atoms with Gasteiger partial charge in [0, 0.05) is 6.08 Å². The van der Waals surface area contributed by atoms with E-state index in [0.29, 0.717) is 34.8 Å². The fraction of sp³-hybridized carbons (Fsp3) is 0.675. The standard InChI is InChI=1S/C40H58O4/c1-9-29(25(2)3)13-10-26(4)31-16-17-33-30-14-15-32-27(5)36(21-23-40(32,7)34(30)20-22-39(31,33)6)44-38(42)19-12-28-11-18-35(41)37(24-28)43-8/h9,11-12,14,18-19,24-27,31-34,36,41H,10,13,15-17,20-23H2,1-8H3/b19-12+,29-9-/t26-,27+,31-,32+,33+,34+,36+,39-,40+/m1/s1. The molecule has 0 unspecified atom stereocenters. The molecule has 0 aromatic heterocycles. The Morgan fingerprint density at radius 3 is 2.50 bits per heavy atom. The minimum absolute atomic E-state index is 0.0482. The van der Waals surface area contributed by atoms with Crippen LogP contribution in [-0.2, 0) is 9.53 Å². The number of carbonyl (C=O) groups excluding carboxylic acids is 1. The molecule has 9 atom stereocenters. The van der Waals surface area contributed by atoms with E-state index in [0.717, 1.165) is 42.6 Å². The Morgan fingerprint density at radius 1 is 1.07 bits per heavy atom. The second-order valence-electron chi connectivity index (χ2n) is 15.6. The van der Waals surface area contributed by atoms with Crippen molar-refractivity contribution in [3.05, 3.63) is 53.1 Å². The fourth-order valence-electron chi connectivity index (χ4n) is 10.6. The number of carbonyl (C=O) groups is 1. The summed E-state index contributed by atoms with van der Waals surface area (Å²) in [5.74, 6) is 4.74. The van der Waals surface area contributed by atoms with E-state index in [1.807, 2.05) is 0 Å². The molecule has 0 heterocycles. The molecule has 1 aromatic carbocycles. The van der Waals surface area contributed by atoms with Crippen molar-refractivity contribution in [2.75, 3.05) is 7.11 Å². The van der Waals surface area contributed by atoms with Crippen molar-refractivity contribution >= 4 is 12.0 Å². The van der Waals surface area contributed by atoms with E-state index in [2.05, 4.69) is 60.6 Å².